The summed E-state index contributed by atoms with van der Waals surface area (Å²) in [6.45, 7) is 2.92. The first-order chi connectivity index (χ1) is 18.2. The maximum absolute atomic E-state index is 12.0. The third kappa shape index (κ3) is 5.33. The molecule has 14 nitrogen and oxygen atoms in total. The summed E-state index contributed by atoms with van der Waals surface area (Å²) < 4.78 is 11.7. The van der Waals surface area contributed by atoms with E-state index in [0.717, 1.165) is 0 Å². The summed E-state index contributed by atoms with van der Waals surface area (Å²) in [4.78, 5) is 46.2. The number of rotatable bonds is 9. The van der Waals surface area contributed by atoms with Crippen LogP contribution in [0.25, 0.3) is 0 Å². The molecule has 4 amide bonds. The summed E-state index contributed by atoms with van der Waals surface area (Å²) in [6, 6.07) is 9.98. The smallest absolute Gasteiger partial charge is 0.320 e. The Morgan fingerprint density at radius 3 is 1.45 bits per heavy atom. The Hall–Kier alpha value is -5.14. The Morgan fingerprint density at radius 2 is 1.08 bits per heavy atom. The summed E-state index contributed by atoms with van der Waals surface area (Å²) in [6.07, 6.45) is 0. The van der Waals surface area contributed by atoms with E-state index in [2.05, 4.69) is 21.3 Å². The molecule has 2 aliphatic rings. The summed E-state index contributed by atoms with van der Waals surface area (Å²) in [7, 11) is 0. The van der Waals surface area contributed by atoms with Crippen LogP contribution in [0.1, 0.15) is 37.1 Å². The number of hydrogen-bond acceptors (Lipinski definition) is 8. The maximum Gasteiger partial charge on any atom is 0.320 e. The van der Waals surface area contributed by atoms with E-state index < -0.39 is 34.0 Å². The fourth-order valence-corrected chi connectivity index (χ4v) is 4.31. The number of hydrogen-bond donors (Lipinski definition) is 4. The molecule has 0 spiro atoms. The van der Waals surface area contributed by atoms with Crippen LogP contribution in [-0.2, 0) is 0 Å². The Balaban J connectivity index is 1.50. The molecule has 198 valence electrons. The van der Waals surface area contributed by atoms with E-state index in [4.69, 9.17) is 9.47 Å². The number of para-hydroxylation sites is 2. The molecule has 0 radical (unpaired) electrons. The Morgan fingerprint density at radius 1 is 0.711 bits per heavy atom. The molecule has 0 bridgehead atoms. The van der Waals surface area contributed by atoms with E-state index in [9.17, 15) is 29.8 Å². The molecule has 0 aliphatic carbocycles. The highest BCUT2D eigenvalue weighted by molar-refractivity contribution is 5.79. The molecule has 2 unspecified atom stereocenters. The van der Waals surface area contributed by atoms with Gasteiger partial charge in [0.05, 0.1) is 21.2 Å². The average Bonchev–Trinajstić information content (AvgIpc) is 2.85. The first-order valence-electron chi connectivity index (χ1n) is 11.5. The van der Waals surface area contributed by atoms with Gasteiger partial charge in [-0.2, -0.15) is 0 Å². The van der Waals surface area contributed by atoms with Gasteiger partial charge in [-0.05, 0) is 26.0 Å². The van der Waals surface area contributed by atoms with Gasteiger partial charge in [-0.1, -0.05) is 36.4 Å². The number of benzene rings is 2. The van der Waals surface area contributed by atoms with Gasteiger partial charge in [0.1, 0.15) is 24.7 Å². The second-order valence-electron chi connectivity index (χ2n) is 8.37. The first kappa shape index (κ1) is 25.9. The van der Waals surface area contributed by atoms with Crippen molar-refractivity contribution in [3.8, 4) is 11.5 Å². The monoisotopic (exact) mass is 524 g/mol. The molecular weight excluding hydrogens is 500 g/mol. The Bertz CT molecular complexity index is 1270. The van der Waals surface area contributed by atoms with Gasteiger partial charge >= 0.3 is 12.1 Å². The van der Waals surface area contributed by atoms with Gasteiger partial charge in [0.15, 0.2) is 12.1 Å². The number of ether oxygens (including phenoxy) is 2. The minimum atomic E-state index is -1.03. The van der Waals surface area contributed by atoms with Gasteiger partial charge in [0, 0.05) is 11.1 Å². The second-order valence-corrected chi connectivity index (χ2v) is 8.37. The molecule has 2 aromatic carbocycles. The van der Waals surface area contributed by atoms with Gasteiger partial charge in [-0.25, -0.2) is 9.59 Å². The predicted molar refractivity (Wildman–Crippen MR) is 132 cm³/mol. The van der Waals surface area contributed by atoms with Crippen molar-refractivity contribution in [2.45, 2.75) is 25.9 Å². The van der Waals surface area contributed by atoms with Crippen LogP contribution in [0.15, 0.2) is 71.3 Å². The Kier molecular flexibility index (Phi) is 7.41. The highest BCUT2D eigenvalue weighted by Crippen LogP contribution is 2.34. The molecule has 0 aromatic heterocycles. The lowest BCUT2D eigenvalue weighted by Gasteiger charge is -2.25. The fourth-order valence-electron chi connectivity index (χ4n) is 4.31. The minimum Gasteiger partial charge on any atom is -0.490 e. The molecule has 2 atom stereocenters. The number of carbonyl (C=O) groups is 2. The number of carbonyl (C=O) groups excluding carboxylic acids is 2. The summed E-state index contributed by atoms with van der Waals surface area (Å²) in [5.41, 5.74) is 0.619. The molecule has 2 aliphatic heterocycles. The zero-order valence-electron chi connectivity index (χ0n) is 20.3. The molecule has 2 aromatic rings. The molecule has 4 N–H and O–H groups in total. The standard InChI is InChI=1S/C24H24N6O8/c1-13-21(29(33)34)19(27-23(31)25-13)15-7-3-5-9-17(15)37-11-12-38-18-10-6-4-8-16(18)20-22(30(35)36)14(2)26-24(32)28-20/h3-10,19-20H,11-12H2,1-2H3,(H2,25,27,31)(H2,26,28,32). The van der Waals surface area contributed by atoms with Gasteiger partial charge in [-0.15, -0.1) is 0 Å². The van der Waals surface area contributed by atoms with Crippen LogP contribution in [0.3, 0.4) is 0 Å². The quantitative estimate of drug-likeness (QED) is 0.219. The molecular formula is C24H24N6O8. The van der Waals surface area contributed by atoms with Crippen LogP contribution in [0.4, 0.5) is 9.59 Å². The third-order valence-electron chi connectivity index (χ3n) is 5.92. The van der Waals surface area contributed by atoms with E-state index in [1.54, 1.807) is 48.5 Å². The SMILES string of the molecule is CC1=C([N+](=O)[O-])C(c2ccccc2OCCOc2ccccc2C2NC(=O)NC(C)=C2[N+](=O)[O-])NC(=O)N1. The van der Waals surface area contributed by atoms with Gasteiger partial charge in [-0.3, -0.25) is 20.2 Å². The van der Waals surface area contributed by atoms with Crippen molar-refractivity contribution >= 4 is 12.1 Å². The van der Waals surface area contributed by atoms with Crippen molar-refractivity contribution in [1.82, 2.24) is 21.3 Å². The van der Waals surface area contributed by atoms with Gasteiger partial charge in [0.2, 0.25) is 0 Å². The summed E-state index contributed by atoms with van der Waals surface area (Å²) >= 11 is 0. The lowest BCUT2D eigenvalue weighted by molar-refractivity contribution is -0.433. The van der Waals surface area contributed by atoms with E-state index >= 15 is 0 Å². The molecule has 4 rings (SSSR count). The predicted octanol–water partition coefficient (Wildman–Crippen LogP) is 2.87. The topological polar surface area (TPSA) is 187 Å². The molecule has 0 fully saturated rings. The fraction of sp³-hybridized carbons (Fsp3) is 0.250. The average molecular weight is 524 g/mol. The highest BCUT2D eigenvalue weighted by Gasteiger charge is 2.38. The third-order valence-corrected chi connectivity index (χ3v) is 5.92. The van der Waals surface area contributed by atoms with Crippen LogP contribution in [0.2, 0.25) is 0 Å². The zero-order valence-corrected chi connectivity index (χ0v) is 20.3. The van der Waals surface area contributed by atoms with Crippen LogP contribution in [-0.4, -0.2) is 35.1 Å². The van der Waals surface area contributed by atoms with Crippen molar-refractivity contribution in [2.24, 2.45) is 0 Å². The van der Waals surface area contributed by atoms with E-state index in [0.29, 0.717) is 22.6 Å². The van der Waals surface area contributed by atoms with Crippen LogP contribution < -0.4 is 30.7 Å². The lowest BCUT2D eigenvalue weighted by Crippen LogP contribution is -2.45. The van der Waals surface area contributed by atoms with Crippen molar-refractivity contribution in [1.29, 1.82) is 0 Å². The van der Waals surface area contributed by atoms with E-state index in [1.165, 1.54) is 13.8 Å². The van der Waals surface area contributed by atoms with Gasteiger partial charge in [0.25, 0.3) is 11.4 Å². The first-order valence-corrected chi connectivity index (χ1v) is 11.5. The second kappa shape index (κ2) is 10.9. The number of nitrogens with zero attached hydrogens (tertiary/aromatic N) is 2. The molecule has 38 heavy (non-hydrogen) atoms. The number of allylic oxidation sites excluding steroid dienone is 2. The van der Waals surface area contributed by atoms with Crippen molar-refractivity contribution in [3.05, 3.63) is 103 Å². The Labute approximate surface area is 216 Å². The zero-order chi connectivity index (χ0) is 27.4. The minimum absolute atomic E-state index is 0.0102. The number of amides is 4. The summed E-state index contributed by atoms with van der Waals surface area (Å²) in [5.74, 6) is 0.618. The summed E-state index contributed by atoms with van der Waals surface area (Å²) in [5, 5.41) is 33.3. The molecule has 2 heterocycles. The largest absolute Gasteiger partial charge is 0.490 e. The molecule has 0 saturated carbocycles. The van der Waals surface area contributed by atoms with Crippen LogP contribution in [0, 0.1) is 20.2 Å². The lowest BCUT2D eigenvalue weighted by atomic mass is 10.00. The van der Waals surface area contributed by atoms with E-state index in [1.807, 2.05) is 0 Å². The van der Waals surface area contributed by atoms with E-state index in [-0.39, 0.29) is 36.0 Å². The van der Waals surface area contributed by atoms with Crippen molar-refractivity contribution in [3.63, 3.8) is 0 Å². The number of nitrogens with one attached hydrogen (secondary N) is 4. The molecule has 0 saturated heterocycles. The highest BCUT2D eigenvalue weighted by atomic mass is 16.6. The van der Waals surface area contributed by atoms with Crippen molar-refractivity contribution < 1.29 is 28.9 Å². The van der Waals surface area contributed by atoms with Crippen LogP contribution in [0.5, 0.6) is 11.5 Å². The van der Waals surface area contributed by atoms with Crippen molar-refractivity contribution in [2.75, 3.05) is 13.2 Å². The number of urea groups is 2. The van der Waals surface area contributed by atoms with Gasteiger partial charge < -0.3 is 30.7 Å². The number of nitro groups is 2. The van der Waals surface area contributed by atoms with Crippen LogP contribution >= 0.6 is 0 Å². The normalized spacial score (nSPS) is 19.1. The maximum atomic E-state index is 12.0. The molecule has 14 heteroatoms.